The smallest absolute Gasteiger partial charge is 0.329 e. The number of aliphatic carboxylic acids is 1. The van der Waals surface area contributed by atoms with E-state index in [0.29, 0.717) is 0 Å². The van der Waals surface area contributed by atoms with Crippen molar-refractivity contribution in [2.75, 3.05) is 0 Å². The maximum Gasteiger partial charge on any atom is 0.329 e. The minimum Gasteiger partial charge on any atom is -0.503 e. The Morgan fingerprint density at radius 3 is 2.34 bits per heavy atom. The summed E-state index contributed by atoms with van der Waals surface area (Å²) in [5.74, 6) is -9.12. The molecule has 0 aliphatic carbocycles. The molecule has 0 fully saturated rings. The molecular weight excluding hydrogens is 489 g/mol. The first-order valence-corrected chi connectivity index (χ1v) is 10.9. The Bertz CT molecular complexity index is 1390. The number of benzene rings is 2. The monoisotopic (exact) mass is 510 g/mol. The number of aromatic nitrogens is 1. The summed E-state index contributed by atoms with van der Waals surface area (Å²) in [4.78, 5) is 37.9. The predicted molar refractivity (Wildman–Crippen MR) is 122 cm³/mol. The number of nitrogens with one attached hydrogen (secondary N) is 1. The van der Waals surface area contributed by atoms with Crippen LogP contribution in [0.25, 0.3) is 10.9 Å². The molecule has 0 radical (unpaired) electrons. The van der Waals surface area contributed by atoms with Crippen LogP contribution in [0.4, 0.5) is 13.2 Å². The molecule has 3 N–H and O–H groups in total. The molecule has 1 heterocycles. The maximum absolute atomic E-state index is 15.1. The lowest BCUT2D eigenvalue weighted by Gasteiger charge is -2.26. The number of phenolic OH excluding ortho intramolecular Hbond substituents is 1. The van der Waals surface area contributed by atoms with E-state index in [1.165, 1.54) is 26.8 Å². The summed E-state index contributed by atoms with van der Waals surface area (Å²) in [5, 5.41) is 21.1. The van der Waals surface area contributed by atoms with Crippen LogP contribution in [0.15, 0.2) is 24.3 Å². The zero-order valence-corrected chi connectivity index (χ0v) is 19.9. The topological polar surface area (TPSA) is 109 Å². The van der Waals surface area contributed by atoms with E-state index in [1.807, 2.05) is 0 Å². The number of aromatic hydroxyl groups is 1. The third kappa shape index (κ3) is 4.34. The molecule has 0 spiro atoms. The normalized spacial score (nSPS) is 13.9. The Hall–Kier alpha value is -3.53. The molecule has 0 saturated carbocycles. The highest BCUT2D eigenvalue weighted by atomic mass is 35.5. The molecule has 3 rings (SSSR count). The summed E-state index contributed by atoms with van der Waals surface area (Å²) in [5.41, 5.74) is -2.17. The highest BCUT2D eigenvalue weighted by Crippen LogP contribution is 2.39. The van der Waals surface area contributed by atoms with Gasteiger partial charge in [0.2, 0.25) is 5.91 Å². The molecule has 0 saturated heterocycles. The number of rotatable bonds is 6. The Labute approximate surface area is 203 Å². The summed E-state index contributed by atoms with van der Waals surface area (Å²) >= 11 is 5.68. The van der Waals surface area contributed by atoms with Crippen LogP contribution in [-0.4, -0.2) is 38.1 Å². The zero-order valence-electron chi connectivity index (χ0n) is 19.2. The Kier molecular flexibility index (Phi) is 6.90. The number of carbonyl (C=O) groups is 3. The first kappa shape index (κ1) is 26.1. The van der Waals surface area contributed by atoms with Crippen molar-refractivity contribution in [1.82, 2.24) is 9.88 Å². The van der Waals surface area contributed by atoms with Crippen LogP contribution in [-0.2, 0) is 9.59 Å². The number of halogens is 4. The van der Waals surface area contributed by atoms with Gasteiger partial charge >= 0.3 is 5.97 Å². The number of carboxylic acids is 1. The van der Waals surface area contributed by atoms with E-state index in [-0.39, 0.29) is 33.8 Å². The van der Waals surface area contributed by atoms with Gasteiger partial charge in [0.05, 0.1) is 16.5 Å². The van der Waals surface area contributed by atoms with Gasteiger partial charge in [-0.3, -0.25) is 14.2 Å². The fourth-order valence-electron chi connectivity index (χ4n) is 3.86. The van der Waals surface area contributed by atoms with Gasteiger partial charge in [-0.15, -0.1) is 0 Å². The number of hydrogen-bond acceptors (Lipinski definition) is 4. The summed E-state index contributed by atoms with van der Waals surface area (Å²) in [6.07, 6.45) is 0.0442. The van der Waals surface area contributed by atoms with Gasteiger partial charge in [0, 0.05) is 22.7 Å². The molecule has 2 atom stereocenters. The van der Waals surface area contributed by atoms with E-state index >= 15 is 4.39 Å². The van der Waals surface area contributed by atoms with Gasteiger partial charge in [-0.25, -0.2) is 18.0 Å². The van der Waals surface area contributed by atoms with Gasteiger partial charge in [0.25, 0.3) is 5.91 Å². The van der Waals surface area contributed by atoms with Crippen LogP contribution in [0.2, 0.25) is 5.02 Å². The summed E-state index contributed by atoms with van der Waals surface area (Å²) < 4.78 is 44.3. The number of phenols is 1. The average molecular weight is 511 g/mol. The lowest BCUT2D eigenvalue weighted by Crippen LogP contribution is -2.52. The quantitative estimate of drug-likeness (QED) is 0.437. The summed E-state index contributed by atoms with van der Waals surface area (Å²) in [6, 6.07) is 3.96. The minimum atomic E-state index is -1.62. The van der Waals surface area contributed by atoms with E-state index < -0.39 is 57.8 Å². The fraction of sp³-hybridized carbons (Fsp3) is 0.292. The molecule has 0 bridgehead atoms. The SMILES string of the molecule is CCC(C)(NC(=O)[C@H](C)c1c(C)n(C(=O)c2ccc(Cl)c(F)c2)c2cc(F)c(O)c(F)c12)C(=O)O. The summed E-state index contributed by atoms with van der Waals surface area (Å²) in [7, 11) is 0. The molecule has 0 aliphatic heterocycles. The Balaban J connectivity index is 2.26. The molecular formula is C24H22ClF3N2O5. The molecule has 3 aromatic rings. The molecule has 1 amide bonds. The number of carbonyl (C=O) groups excluding carboxylic acids is 2. The van der Waals surface area contributed by atoms with Crippen molar-refractivity contribution in [2.45, 2.75) is 45.6 Å². The zero-order chi connectivity index (χ0) is 26.4. The van der Waals surface area contributed by atoms with E-state index in [4.69, 9.17) is 11.6 Å². The molecule has 35 heavy (non-hydrogen) atoms. The maximum atomic E-state index is 15.1. The van der Waals surface area contributed by atoms with Gasteiger partial charge in [-0.1, -0.05) is 18.5 Å². The van der Waals surface area contributed by atoms with Crippen molar-refractivity contribution >= 4 is 40.3 Å². The second kappa shape index (κ2) is 9.26. The standard InChI is InChI=1S/C24H22ClF3N2O5/c1-5-24(4,23(34)35)29-21(32)10(2)17-11(3)30(16-9-15(27)20(31)19(28)18(16)17)22(33)12-6-7-13(25)14(26)8-12/h6-10,31H,5H2,1-4H3,(H,29,32)(H,34,35)/t10-,24?/m1/s1. The lowest BCUT2D eigenvalue weighted by atomic mass is 9.93. The van der Waals surface area contributed by atoms with E-state index in [0.717, 1.165) is 22.8 Å². The van der Waals surface area contributed by atoms with Crippen molar-refractivity contribution in [3.63, 3.8) is 0 Å². The predicted octanol–water partition coefficient (Wildman–Crippen LogP) is 4.89. The number of carboxylic acid groups (broad SMARTS) is 1. The van der Waals surface area contributed by atoms with Crippen molar-refractivity contribution in [3.05, 3.63) is 63.6 Å². The molecule has 11 heteroatoms. The largest absolute Gasteiger partial charge is 0.503 e. The molecule has 186 valence electrons. The van der Waals surface area contributed by atoms with E-state index in [9.17, 15) is 33.4 Å². The van der Waals surface area contributed by atoms with Gasteiger partial charge in [0.15, 0.2) is 17.4 Å². The summed E-state index contributed by atoms with van der Waals surface area (Å²) in [6.45, 7) is 5.58. The number of hydrogen-bond donors (Lipinski definition) is 3. The minimum absolute atomic E-state index is 0.0143. The van der Waals surface area contributed by atoms with Crippen molar-refractivity contribution in [2.24, 2.45) is 0 Å². The third-order valence-electron chi connectivity index (χ3n) is 6.18. The van der Waals surface area contributed by atoms with Gasteiger partial charge in [-0.05, 0) is 51.0 Å². The molecule has 0 aliphatic rings. The van der Waals surface area contributed by atoms with Crippen molar-refractivity contribution in [3.8, 4) is 5.75 Å². The van der Waals surface area contributed by atoms with E-state index in [1.54, 1.807) is 6.92 Å². The first-order chi connectivity index (χ1) is 16.2. The second-order valence-electron chi connectivity index (χ2n) is 8.39. The average Bonchev–Trinajstić information content (AvgIpc) is 3.09. The Morgan fingerprint density at radius 1 is 1.17 bits per heavy atom. The third-order valence-corrected chi connectivity index (χ3v) is 6.49. The second-order valence-corrected chi connectivity index (χ2v) is 8.79. The number of amides is 1. The van der Waals surface area contributed by atoms with Crippen LogP contribution >= 0.6 is 11.6 Å². The van der Waals surface area contributed by atoms with Gasteiger partial charge in [0.1, 0.15) is 11.4 Å². The molecule has 1 aromatic heterocycles. The highest BCUT2D eigenvalue weighted by Gasteiger charge is 2.37. The van der Waals surface area contributed by atoms with Crippen molar-refractivity contribution < 1.29 is 37.8 Å². The van der Waals surface area contributed by atoms with Crippen LogP contribution in [0.3, 0.4) is 0 Å². The fourth-order valence-corrected chi connectivity index (χ4v) is 3.98. The van der Waals surface area contributed by atoms with Gasteiger partial charge < -0.3 is 15.5 Å². The van der Waals surface area contributed by atoms with Crippen LogP contribution in [0, 0.1) is 24.4 Å². The number of nitrogens with zero attached hydrogens (tertiary/aromatic N) is 1. The Morgan fingerprint density at radius 2 is 1.80 bits per heavy atom. The first-order valence-electron chi connectivity index (χ1n) is 10.5. The number of fused-ring (bicyclic) bond motifs is 1. The molecule has 2 aromatic carbocycles. The van der Waals surface area contributed by atoms with Crippen LogP contribution in [0.5, 0.6) is 5.75 Å². The molecule has 1 unspecified atom stereocenters. The van der Waals surface area contributed by atoms with Crippen LogP contribution in [0.1, 0.15) is 54.7 Å². The van der Waals surface area contributed by atoms with Crippen molar-refractivity contribution in [1.29, 1.82) is 0 Å². The van der Waals surface area contributed by atoms with E-state index in [2.05, 4.69) is 5.32 Å². The highest BCUT2D eigenvalue weighted by molar-refractivity contribution is 6.30. The van der Waals surface area contributed by atoms with Crippen LogP contribution < -0.4 is 5.32 Å². The molecule has 7 nitrogen and oxygen atoms in total. The van der Waals surface area contributed by atoms with Gasteiger partial charge in [-0.2, -0.15) is 0 Å². The lowest BCUT2D eigenvalue weighted by molar-refractivity contribution is -0.147.